The van der Waals surface area contributed by atoms with Crippen LogP contribution >= 0.6 is 0 Å². The smallest absolute Gasteiger partial charge is 0.273 e. The minimum absolute atomic E-state index is 0.137. The number of nitrogens with one attached hydrogen (secondary N) is 1. The Morgan fingerprint density at radius 3 is 1.93 bits per heavy atom. The van der Waals surface area contributed by atoms with Crippen molar-refractivity contribution in [3.63, 3.8) is 0 Å². The molecule has 8 nitrogen and oxygen atoms in total. The van der Waals surface area contributed by atoms with Gasteiger partial charge in [0.05, 0.1) is 4.92 Å². The van der Waals surface area contributed by atoms with Gasteiger partial charge in [-0.15, -0.1) is 4.83 Å². The van der Waals surface area contributed by atoms with Gasteiger partial charge in [-0.2, -0.15) is 8.42 Å². The molecule has 0 amide bonds. The van der Waals surface area contributed by atoms with Crippen molar-refractivity contribution in [3.05, 3.63) is 40.4 Å². The number of hydrogen-bond donors (Lipinski definition) is 3. The first-order chi connectivity index (χ1) is 6.87. The van der Waals surface area contributed by atoms with E-state index in [9.17, 15) is 18.5 Å². The van der Waals surface area contributed by atoms with E-state index in [4.69, 9.17) is 4.55 Å². The van der Waals surface area contributed by atoms with E-state index in [2.05, 4.69) is 5.84 Å². The number of para-hydroxylation sites is 1. The summed E-state index contributed by atoms with van der Waals surface area (Å²) in [5.74, 6) is 4.22. The first kappa shape index (κ1) is 13.4. The number of hydrogen-bond acceptors (Lipinski definition) is 5. The molecule has 0 radical (unpaired) electrons. The fourth-order valence-corrected chi connectivity index (χ4v) is 0.550. The summed E-state index contributed by atoms with van der Waals surface area (Å²) in [4.78, 5) is 10.7. The molecule has 0 spiro atoms. The van der Waals surface area contributed by atoms with Crippen molar-refractivity contribution in [1.29, 1.82) is 0 Å². The number of rotatable bonds is 2. The van der Waals surface area contributed by atoms with E-state index < -0.39 is 15.2 Å². The second-order valence-electron chi connectivity index (χ2n) is 2.19. The number of benzene rings is 1. The number of nitrogens with zero attached hydrogens (tertiary/aromatic N) is 1. The molecule has 0 atom stereocenters. The van der Waals surface area contributed by atoms with Crippen LogP contribution in [0.4, 0.5) is 5.69 Å². The summed E-state index contributed by atoms with van der Waals surface area (Å²) in [7, 11) is -4.13. The largest absolute Gasteiger partial charge is 0.346 e. The Bertz CT molecular complexity index is 404. The fraction of sp³-hybridized carbons (Fsp3) is 0. The van der Waals surface area contributed by atoms with Crippen molar-refractivity contribution in [1.82, 2.24) is 4.83 Å². The molecule has 0 heterocycles. The Morgan fingerprint density at radius 2 is 1.73 bits per heavy atom. The van der Waals surface area contributed by atoms with E-state index in [1.54, 1.807) is 18.2 Å². The minimum Gasteiger partial charge on any atom is -0.273 e. The molecule has 0 unspecified atom stereocenters. The Hall–Kier alpha value is -1.55. The van der Waals surface area contributed by atoms with E-state index >= 15 is 0 Å². The fourth-order valence-electron chi connectivity index (χ4n) is 0.550. The van der Waals surface area contributed by atoms with Crippen molar-refractivity contribution < 1.29 is 17.9 Å². The highest BCUT2D eigenvalue weighted by Gasteiger charge is 1.98. The second kappa shape index (κ2) is 6.03. The van der Waals surface area contributed by atoms with Gasteiger partial charge in [-0.05, 0) is 0 Å². The van der Waals surface area contributed by atoms with Crippen molar-refractivity contribution >= 4 is 16.0 Å². The standard InChI is InChI=1S/C6H5NO2.H4N2O3S/c8-7(9)6-4-2-1-3-5-6;1-2-6(3,4)5/h1-5H;2H,1H2,(H,3,4,5). The summed E-state index contributed by atoms with van der Waals surface area (Å²) in [6, 6.07) is 7.93. The Balaban J connectivity index is 0.000000288. The van der Waals surface area contributed by atoms with Gasteiger partial charge in [-0.25, -0.2) is 0 Å². The second-order valence-corrected chi connectivity index (χ2v) is 3.37. The van der Waals surface area contributed by atoms with E-state index in [0.717, 1.165) is 4.83 Å². The summed E-state index contributed by atoms with van der Waals surface area (Å²) >= 11 is 0. The summed E-state index contributed by atoms with van der Waals surface area (Å²) in [5.41, 5.74) is 0.137. The number of nitrogens with two attached hydrogens (primary N) is 1. The van der Waals surface area contributed by atoms with Gasteiger partial charge in [0.25, 0.3) is 5.69 Å². The Kier molecular flexibility index (Phi) is 5.41. The topological polar surface area (TPSA) is 136 Å². The highest BCUT2D eigenvalue weighted by atomic mass is 32.2. The molecular formula is C6H9N3O5S. The van der Waals surface area contributed by atoms with Crippen LogP contribution in [0.2, 0.25) is 0 Å². The van der Waals surface area contributed by atoms with Crippen LogP contribution in [0.15, 0.2) is 30.3 Å². The van der Waals surface area contributed by atoms with Crippen molar-refractivity contribution in [3.8, 4) is 0 Å². The van der Waals surface area contributed by atoms with Crippen molar-refractivity contribution in [2.45, 2.75) is 0 Å². The molecule has 1 aromatic carbocycles. The first-order valence-electron chi connectivity index (χ1n) is 3.51. The molecule has 4 N–H and O–H groups in total. The van der Waals surface area contributed by atoms with Crippen LogP contribution in [-0.2, 0) is 10.3 Å². The van der Waals surface area contributed by atoms with Gasteiger partial charge in [0, 0.05) is 12.1 Å². The normalized spacial score (nSPS) is 10.0. The summed E-state index contributed by atoms with van der Waals surface area (Å²) in [6.07, 6.45) is 0. The first-order valence-corrected chi connectivity index (χ1v) is 4.95. The lowest BCUT2D eigenvalue weighted by Gasteiger charge is -1.85. The quantitative estimate of drug-likeness (QED) is 0.282. The number of non-ortho nitro benzene ring substituents is 1. The number of nitro benzene ring substituents is 1. The minimum atomic E-state index is -4.13. The van der Waals surface area contributed by atoms with Gasteiger partial charge in [-0.3, -0.25) is 20.5 Å². The third-order valence-electron chi connectivity index (χ3n) is 1.12. The SMILES string of the molecule is NNS(=O)(=O)O.O=[N+]([O-])c1ccccc1. The molecule has 0 saturated carbocycles. The molecule has 84 valence electrons. The zero-order chi connectivity index (χ0) is 11.9. The van der Waals surface area contributed by atoms with Crippen LogP contribution in [0.25, 0.3) is 0 Å². The van der Waals surface area contributed by atoms with Gasteiger partial charge in [0.15, 0.2) is 0 Å². The maximum atomic E-state index is 10.0. The Morgan fingerprint density at radius 1 is 1.33 bits per heavy atom. The average Bonchev–Trinajstić information content (AvgIpc) is 2.19. The molecule has 15 heavy (non-hydrogen) atoms. The van der Waals surface area contributed by atoms with Crippen LogP contribution < -0.4 is 10.7 Å². The van der Waals surface area contributed by atoms with Crippen LogP contribution in [0.5, 0.6) is 0 Å². The van der Waals surface area contributed by atoms with Crippen LogP contribution in [-0.4, -0.2) is 17.9 Å². The average molecular weight is 235 g/mol. The highest BCUT2D eigenvalue weighted by molar-refractivity contribution is 7.83. The molecule has 0 aliphatic rings. The van der Waals surface area contributed by atoms with Gasteiger partial charge < -0.3 is 0 Å². The van der Waals surface area contributed by atoms with Crippen LogP contribution in [0.3, 0.4) is 0 Å². The van der Waals surface area contributed by atoms with Gasteiger partial charge in [-0.1, -0.05) is 18.2 Å². The number of hydrazine groups is 1. The van der Waals surface area contributed by atoms with E-state index in [1.165, 1.54) is 12.1 Å². The molecule has 0 bridgehead atoms. The molecule has 0 saturated heterocycles. The third kappa shape index (κ3) is 7.52. The zero-order valence-corrected chi connectivity index (χ0v) is 8.22. The van der Waals surface area contributed by atoms with Crippen LogP contribution in [0.1, 0.15) is 0 Å². The molecule has 0 aliphatic carbocycles. The molecule has 9 heteroatoms. The molecule has 0 aliphatic heterocycles. The lowest BCUT2D eigenvalue weighted by Crippen LogP contribution is -2.29. The molecular weight excluding hydrogens is 226 g/mol. The lowest BCUT2D eigenvalue weighted by molar-refractivity contribution is -0.384. The van der Waals surface area contributed by atoms with Crippen molar-refractivity contribution in [2.24, 2.45) is 5.84 Å². The lowest BCUT2D eigenvalue weighted by atomic mass is 10.3. The van der Waals surface area contributed by atoms with E-state index in [0.29, 0.717) is 0 Å². The van der Waals surface area contributed by atoms with Gasteiger partial charge >= 0.3 is 10.3 Å². The predicted molar refractivity (Wildman–Crippen MR) is 52.0 cm³/mol. The molecule has 0 aromatic heterocycles. The third-order valence-corrected chi connectivity index (χ3v) is 1.41. The molecule has 1 aromatic rings. The number of nitro groups is 1. The monoisotopic (exact) mass is 235 g/mol. The molecule has 0 fully saturated rings. The van der Waals surface area contributed by atoms with Gasteiger partial charge in [0.1, 0.15) is 0 Å². The van der Waals surface area contributed by atoms with E-state index in [-0.39, 0.29) is 5.69 Å². The molecule has 1 rings (SSSR count). The predicted octanol–water partition coefficient (Wildman–Crippen LogP) is -0.153. The van der Waals surface area contributed by atoms with E-state index in [1.807, 2.05) is 0 Å². The Labute approximate surface area is 85.7 Å². The maximum Gasteiger partial charge on any atom is 0.346 e. The summed E-state index contributed by atoms with van der Waals surface area (Å²) < 4.78 is 26.2. The highest BCUT2D eigenvalue weighted by Crippen LogP contribution is 2.06. The zero-order valence-electron chi connectivity index (χ0n) is 7.40. The van der Waals surface area contributed by atoms with Gasteiger partial charge in [0.2, 0.25) is 0 Å². The summed E-state index contributed by atoms with van der Waals surface area (Å²) in [5, 5.41) is 10.0. The summed E-state index contributed by atoms with van der Waals surface area (Å²) in [6.45, 7) is 0. The van der Waals surface area contributed by atoms with Crippen LogP contribution in [0, 0.1) is 10.1 Å². The van der Waals surface area contributed by atoms with Crippen molar-refractivity contribution in [2.75, 3.05) is 0 Å². The maximum absolute atomic E-state index is 10.0.